The highest BCUT2D eigenvalue weighted by Gasteiger charge is 2.26. The molecule has 0 saturated heterocycles. The standard InChI is InChI=1S/C35H46N4O2.C25H27N3.CH3NO/c1-25(2)18-22-41-35(3,4)19-20-38-33(40)13-9-6-10-21-39-32-24-28(37)15-17-30(32)29-16-14-27(36)23-31(29)34(39)26-11-7-5-8-12-26;1-2-3-4-8-15-28-24-17-20(27)12-14-22(24)21-13-11-19(26)16-23(21)25(28)18-9-6-5-7-10-18;2-1-3/h5,7-8,11-12,14-17,23-25,37H,6,9-10,13,18-22,36H2,1-4H3,(H,38,40);5-7,9-14,16-17,27H,2-4,8,15,26H2,1H3;1H,(H2,2,3)/p+2. The number of fused-ring (bicyclic) bond motifs is 6. The second-order valence-electron chi connectivity index (χ2n) is 19.8. The van der Waals surface area contributed by atoms with Gasteiger partial charge < -0.3 is 38.7 Å². The van der Waals surface area contributed by atoms with Crippen molar-refractivity contribution in [1.82, 2.24) is 5.32 Å². The van der Waals surface area contributed by atoms with Crippen LogP contribution in [0.5, 0.6) is 0 Å². The predicted molar refractivity (Wildman–Crippen MR) is 302 cm³/mol. The SMILES string of the molecule is CC(C)CCOC(C)(C)CCNC(=O)CCCCC[n+]1c(-c2ccccc2)c2cc(N)ccc2c2ccc(N)cc21.CCCCCC[n+]1c(-c2ccccc2)c2cc(N)ccc2c2ccc(N)cc21.NC=O. The van der Waals surface area contributed by atoms with Gasteiger partial charge in [0.2, 0.25) is 34.7 Å². The molecule has 0 aliphatic rings. The number of benzene rings is 6. The molecule has 2 aromatic heterocycles. The molecule has 11 heteroatoms. The number of aromatic nitrogens is 2. The van der Waals surface area contributed by atoms with Crippen molar-refractivity contribution < 1.29 is 23.5 Å². The summed E-state index contributed by atoms with van der Waals surface area (Å²) in [6.45, 7) is 14.0. The molecule has 0 aliphatic carbocycles. The molecule has 72 heavy (non-hydrogen) atoms. The number of aryl methyl sites for hydroxylation is 2. The van der Waals surface area contributed by atoms with E-state index in [0.29, 0.717) is 18.9 Å². The van der Waals surface area contributed by atoms with Gasteiger partial charge in [-0.05, 0) is 125 Å². The van der Waals surface area contributed by atoms with E-state index in [1.807, 2.05) is 30.3 Å². The zero-order chi connectivity index (χ0) is 51.6. The molecule has 0 bridgehead atoms. The molecule has 2 heterocycles. The van der Waals surface area contributed by atoms with Crippen molar-refractivity contribution in [1.29, 1.82) is 0 Å². The van der Waals surface area contributed by atoms with Crippen molar-refractivity contribution in [3.63, 3.8) is 0 Å². The monoisotopic (exact) mass is 971 g/mol. The normalized spacial score (nSPS) is 11.4. The van der Waals surface area contributed by atoms with E-state index < -0.39 is 0 Å². The van der Waals surface area contributed by atoms with Gasteiger partial charge in [0.05, 0.1) is 27.1 Å². The number of hydrogen-bond donors (Lipinski definition) is 6. The number of carbonyl (C=O) groups excluding carboxylic acids is 2. The van der Waals surface area contributed by atoms with Crippen LogP contribution in [0.4, 0.5) is 22.7 Å². The predicted octanol–water partition coefficient (Wildman–Crippen LogP) is 11.8. The average Bonchev–Trinajstić information content (AvgIpc) is 3.35. The van der Waals surface area contributed by atoms with Crippen LogP contribution in [0, 0.1) is 5.92 Å². The first-order valence-corrected chi connectivity index (χ1v) is 25.8. The summed E-state index contributed by atoms with van der Waals surface area (Å²) >= 11 is 0. The summed E-state index contributed by atoms with van der Waals surface area (Å²) in [6.07, 6.45) is 10.3. The average molecular weight is 971 g/mol. The highest BCUT2D eigenvalue weighted by atomic mass is 16.5. The highest BCUT2D eigenvalue weighted by Crippen LogP contribution is 2.35. The van der Waals surface area contributed by atoms with E-state index in [4.69, 9.17) is 32.5 Å². The number of primary amides is 1. The van der Waals surface area contributed by atoms with Crippen molar-refractivity contribution in [2.24, 2.45) is 11.7 Å². The maximum absolute atomic E-state index is 12.5. The molecule has 8 rings (SSSR count). The van der Waals surface area contributed by atoms with Crippen LogP contribution >= 0.6 is 0 Å². The van der Waals surface area contributed by atoms with Crippen LogP contribution in [-0.2, 0) is 27.4 Å². The minimum Gasteiger partial charge on any atom is -0.399 e. The van der Waals surface area contributed by atoms with Gasteiger partial charge in [-0.2, -0.15) is 9.13 Å². The molecule has 6 aromatic carbocycles. The minimum absolute atomic E-state index is 0.111. The lowest BCUT2D eigenvalue weighted by Gasteiger charge is -2.26. The molecule has 0 radical (unpaired) electrons. The maximum atomic E-state index is 12.5. The van der Waals surface area contributed by atoms with Crippen molar-refractivity contribution in [3.05, 3.63) is 133 Å². The third kappa shape index (κ3) is 14.4. The lowest BCUT2D eigenvalue weighted by atomic mass is 9.98. The Labute approximate surface area is 426 Å². The van der Waals surface area contributed by atoms with Gasteiger partial charge in [0.15, 0.2) is 0 Å². The van der Waals surface area contributed by atoms with Gasteiger partial charge in [-0.3, -0.25) is 9.59 Å². The van der Waals surface area contributed by atoms with Crippen molar-refractivity contribution in [2.75, 3.05) is 36.1 Å². The number of carbonyl (C=O) groups is 2. The molecular weight excluding hydrogens is 893 g/mol. The number of nitrogens with zero attached hydrogens (tertiary/aromatic N) is 2. The molecule has 8 aromatic rings. The summed E-state index contributed by atoms with van der Waals surface area (Å²) in [5.74, 6) is 0.741. The van der Waals surface area contributed by atoms with E-state index in [9.17, 15) is 4.79 Å². The Morgan fingerprint density at radius 2 is 1.03 bits per heavy atom. The van der Waals surface area contributed by atoms with Crippen LogP contribution in [0.1, 0.15) is 98.8 Å². The van der Waals surface area contributed by atoms with Crippen LogP contribution in [0.2, 0.25) is 0 Å². The third-order valence-electron chi connectivity index (χ3n) is 13.2. The number of hydrogen-bond acceptors (Lipinski definition) is 7. The number of ether oxygens (including phenoxy) is 1. The molecule has 0 spiro atoms. The van der Waals surface area contributed by atoms with Gasteiger partial charge in [0.25, 0.3) is 0 Å². The van der Waals surface area contributed by atoms with E-state index in [1.54, 1.807) is 0 Å². The zero-order valence-electron chi connectivity index (χ0n) is 43.3. The third-order valence-corrected chi connectivity index (χ3v) is 13.2. The Bertz CT molecular complexity index is 3050. The Morgan fingerprint density at radius 1 is 0.597 bits per heavy atom. The fourth-order valence-corrected chi connectivity index (χ4v) is 9.46. The van der Waals surface area contributed by atoms with E-state index in [-0.39, 0.29) is 17.9 Å². The van der Waals surface area contributed by atoms with Gasteiger partial charge in [-0.25, -0.2) is 0 Å². The van der Waals surface area contributed by atoms with Crippen LogP contribution in [-0.4, -0.2) is 31.1 Å². The Morgan fingerprint density at radius 3 is 1.47 bits per heavy atom. The number of pyridine rings is 2. The number of nitrogen functional groups attached to an aromatic ring is 4. The van der Waals surface area contributed by atoms with Gasteiger partial charge in [-0.15, -0.1) is 0 Å². The maximum Gasteiger partial charge on any atom is 0.220 e. The van der Waals surface area contributed by atoms with E-state index in [1.165, 1.54) is 52.2 Å². The quantitative estimate of drug-likeness (QED) is 0.0144. The van der Waals surface area contributed by atoms with Gasteiger partial charge in [0.1, 0.15) is 13.1 Å². The summed E-state index contributed by atoms with van der Waals surface area (Å²) < 4.78 is 10.8. The summed E-state index contributed by atoms with van der Waals surface area (Å²) in [5.41, 5.74) is 39.0. The van der Waals surface area contributed by atoms with E-state index >= 15 is 0 Å². The van der Waals surface area contributed by atoms with Gasteiger partial charge >= 0.3 is 0 Å². The number of nitrogens with one attached hydrogen (secondary N) is 1. The molecule has 2 amide bonds. The molecule has 0 aliphatic heterocycles. The summed E-state index contributed by atoms with van der Waals surface area (Å²) in [4.78, 5) is 21.1. The molecule has 378 valence electrons. The van der Waals surface area contributed by atoms with Crippen LogP contribution in [0.3, 0.4) is 0 Å². The summed E-state index contributed by atoms with van der Waals surface area (Å²) in [5, 5.41) is 10.2. The fourth-order valence-electron chi connectivity index (χ4n) is 9.46. The van der Waals surface area contributed by atoms with E-state index in [0.717, 1.165) is 114 Å². The minimum atomic E-state index is -0.230. The molecule has 0 unspecified atom stereocenters. The molecule has 0 atom stereocenters. The van der Waals surface area contributed by atoms with Crippen LogP contribution in [0.15, 0.2) is 133 Å². The zero-order valence-corrected chi connectivity index (χ0v) is 43.3. The van der Waals surface area contributed by atoms with E-state index in [2.05, 4.69) is 158 Å². The number of unbranched alkanes of at least 4 members (excludes halogenated alkanes) is 5. The lowest BCUT2D eigenvalue weighted by molar-refractivity contribution is -0.660. The second-order valence-corrected chi connectivity index (χ2v) is 19.8. The molecule has 11 nitrogen and oxygen atoms in total. The van der Waals surface area contributed by atoms with Crippen molar-refractivity contribution in [2.45, 2.75) is 118 Å². The van der Waals surface area contributed by atoms with Gasteiger partial charge in [-0.1, -0.05) is 82.1 Å². The topological polar surface area (TPSA) is 193 Å². The molecular formula is C61H78N8O3+2. The first-order chi connectivity index (χ1) is 34.7. The number of amides is 2. The van der Waals surface area contributed by atoms with Crippen LogP contribution < -0.4 is 43.1 Å². The molecule has 0 saturated carbocycles. The Kier molecular flexibility index (Phi) is 19.7. The van der Waals surface area contributed by atoms with Gasteiger partial charge in [0, 0.05) is 89.2 Å². The molecule has 0 fully saturated rings. The molecule has 11 N–H and O–H groups in total. The number of rotatable bonds is 20. The second kappa shape index (κ2) is 26.3. The Hall–Kier alpha value is -7.24. The van der Waals surface area contributed by atoms with Crippen LogP contribution in [0.25, 0.3) is 65.9 Å². The smallest absolute Gasteiger partial charge is 0.220 e. The summed E-state index contributed by atoms with van der Waals surface area (Å²) in [6, 6.07) is 45.8. The largest absolute Gasteiger partial charge is 0.399 e. The highest BCUT2D eigenvalue weighted by molar-refractivity contribution is 6.11. The summed E-state index contributed by atoms with van der Waals surface area (Å²) in [7, 11) is 0. The fraction of sp³-hybridized carbons (Fsp3) is 0.344. The van der Waals surface area contributed by atoms with Crippen molar-refractivity contribution >= 4 is 78.4 Å². The van der Waals surface area contributed by atoms with Crippen molar-refractivity contribution in [3.8, 4) is 22.5 Å². The first kappa shape index (κ1) is 54.1. The number of anilines is 4. The lowest BCUT2D eigenvalue weighted by Crippen LogP contribution is -2.38. The Balaban J connectivity index is 0.000000237. The first-order valence-electron chi connectivity index (χ1n) is 25.8. The number of nitrogens with two attached hydrogens (primary N) is 5.